The van der Waals surface area contributed by atoms with Crippen molar-refractivity contribution in [3.05, 3.63) is 24.2 Å². The van der Waals surface area contributed by atoms with Crippen LogP contribution in [0.5, 0.6) is 0 Å². The molecule has 94 valence electrons. The molecule has 0 radical (unpaired) electrons. The van der Waals surface area contributed by atoms with E-state index < -0.39 is 0 Å². The molecule has 1 fully saturated rings. The number of nitrogens with zero attached hydrogens (tertiary/aromatic N) is 4. The quantitative estimate of drug-likeness (QED) is 0.809. The minimum absolute atomic E-state index is 0.343. The molecule has 18 heavy (non-hydrogen) atoms. The number of nitriles is 1. The van der Waals surface area contributed by atoms with Gasteiger partial charge in [-0.05, 0) is 25.7 Å². The topological polar surface area (TPSA) is 55.2 Å². The van der Waals surface area contributed by atoms with E-state index in [9.17, 15) is 0 Å². The van der Waals surface area contributed by atoms with Gasteiger partial charge in [-0.3, -0.25) is 0 Å². The zero-order valence-electron chi connectivity index (χ0n) is 10.4. The van der Waals surface area contributed by atoms with Gasteiger partial charge < -0.3 is 9.30 Å². The molecular weight excluding hydrogens is 228 g/mol. The third-order valence-electron chi connectivity index (χ3n) is 3.60. The molecule has 5 heteroatoms. The predicted octanol–water partition coefficient (Wildman–Crippen LogP) is 1.82. The molecule has 0 bridgehead atoms. The fraction of sp³-hybridized carbons (Fsp3) is 0.538. The Morgan fingerprint density at radius 3 is 3.22 bits per heavy atom. The highest BCUT2D eigenvalue weighted by molar-refractivity contribution is 5.54. The molecule has 3 rings (SSSR count). The van der Waals surface area contributed by atoms with Crippen LogP contribution in [0, 0.1) is 17.2 Å². The normalized spacial score (nSPS) is 24.2. The third kappa shape index (κ3) is 1.89. The largest absolute Gasteiger partial charge is 0.378 e. The van der Waals surface area contributed by atoms with Crippen LogP contribution in [0.15, 0.2) is 18.6 Å². The molecule has 3 heterocycles. The molecule has 0 saturated carbocycles. The van der Waals surface area contributed by atoms with Gasteiger partial charge in [0.1, 0.15) is 11.6 Å². The van der Waals surface area contributed by atoms with Gasteiger partial charge in [-0.15, -0.1) is 0 Å². The highest BCUT2D eigenvalue weighted by atomic mass is 16.5. The zero-order valence-corrected chi connectivity index (χ0v) is 10.4. The maximum absolute atomic E-state index is 9.08. The summed E-state index contributed by atoms with van der Waals surface area (Å²) in [5, 5.41) is 13.2. The van der Waals surface area contributed by atoms with Crippen LogP contribution in [0.3, 0.4) is 0 Å². The molecule has 5 nitrogen and oxygen atoms in total. The first-order valence-corrected chi connectivity index (χ1v) is 6.32. The lowest BCUT2D eigenvalue weighted by Gasteiger charge is -2.27. The molecule has 2 aromatic heterocycles. The lowest BCUT2D eigenvalue weighted by Crippen LogP contribution is -2.26. The summed E-state index contributed by atoms with van der Waals surface area (Å²) in [6.45, 7) is 3.90. The smallest absolute Gasteiger partial charge is 0.153 e. The summed E-state index contributed by atoms with van der Waals surface area (Å²) >= 11 is 0. The molecule has 1 saturated heterocycles. The number of imidazole rings is 1. The number of hydrogen-bond acceptors (Lipinski definition) is 3. The molecule has 2 aromatic rings. The van der Waals surface area contributed by atoms with Gasteiger partial charge in [-0.2, -0.15) is 10.4 Å². The van der Waals surface area contributed by atoms with Crippen LogP contribution in [0.2, 0.25) is 0 Å². The van der Waals surface area contributed by atoms with Crippen LogP contribution in [0.1, 0.15) is 25.3 Å². The van der Waals surface area contributed by atoms with Crippen molar-refractivity contribution in [2.24, 2.45) is 5.92 Å². The molecule has 0 aromatic carbocycles. The number of rotatable bonds is 2. The van der Waals surface area contributed by atoms with E-state index in [1.807, 2.05) is 12.4 Å². The van der Waals surface area contributed by atoms with Crippen molar-refractivity contribution in [1.29, 1.82) is 5.26 Å². The van der Waals surface area contributed by atoms with Crippen LogP contribution in [0.4, 0.5) is 0 Å². The summed E-state index contributed by atoms with van der Waals surface area (Å²) < 4.78 is 9.46. The summed E-state index contributed by atoms with van der Waals surface area (Å²) in [5.41, 5.74) is 1.54. The fourth-order valence-corrected chi connectivity index (χ4v) is 2.73. The van der Waals surface area contributed by atoms with Crippen molar-refractivity contribution in [2.45, 2.75) is 32.4 Å². The van der Waals surface area contributed by atoms with Crippen molar-refractivity contribution in [1.82, 2.24) is 14.2 Å². The third-order valence-corrected chi connectivity index (χ3v) is 3.60. The maximum atomic E-state index is 9.08. The van der Waals surface area contributed by atoms with Gasteiger partial charge in [0.15, 0.2) is 5.65 Å². The van der Waals surface area contributed by atoms with Crippen molar-refractivity contribution in [3.8, 4) is 6.07 Å². The monoisotopic (exact) mass is 244 g/mol. The van der Waals surface area contributed by atoms with Gasteiger partial charge >= 0.3 is 0 Å². The maximum Gasteiger partial charge on any atom is 0.153 e. The molecule has 2 unspecified atom stereocenters. The minimum atomic E-state index is 0.343. The molecule has 0 amide bonds. The molecular formula is C13H16N4O. The molecule has 2 atom stereocenters. The van der Waals surface area contributed by atoms with Gasteiger partial charge in [0.05, 0.1) is 12.3 Å². The number of ether oxygens (including phenoxy) is 1. The van der Waals surface area contributed by atoms with Crippen molar-refractivity contribution < 1.29 is 4.74 Å². The fourth-order valence-electron chi connectivity index (χ4n) is 2.73. The van der Waals surface area contributed by atoms with Crippen LogP contribution in [0.25, 0.3) is 5.65 Å². The first-order valence-electron chi connectivity index (χ1n) is 6.32. The lowest BCUT2D eigenvalue weighted by molar-refractivity contribution is -0.000795. The van der Waals surface area contributed by atoms with Gasteiger partial charge in [-0.25, -0.2) is 4.52 Å². The van der Waals surface area contributed by atoms with E-state index in [1.165, 1.54) is 0 Å². The van der Waals surface area contributed by atoms with Crippen molar-refractivity contribution in [3.63, 3.8) is 0 Å². The second-order valence-electron chi connectivity index (χ2n) is 4.96. The van der Waals surface area contributed by atoms with Crippen LogP contribution < -0.4 is 0 Å². The molecule has 0 N–H and O–H groups in total. The van der Waals surface area contributed by atoms with Gasteiger partial charge in [0, 0.05) is 25.5 Å². The van der Waals surface area contributed by atoms with Gasteiger partial charge in [0.25, 0.3) is 0 Å². The van der Waals surface area contributed by atoms with E-state index in [-0.39, 0.29) is 0 Å². The second kappa shape index (κ2) is 4.46. The summed E-state index contributed by atoms with van der Waals surface area (Å²) in [7, 11) is 0. The van der Waals surface area contributed by atoms with E-state index in [0.717, 1.165) is 31.6 Å². The van der Waals surface area contributed by atoms with Gasteiger partial charge in [0.2, 0.25) is 0 Å². The Morgan fingerprint density at radius 2 is 2.44 bits per heavy atom. The average Bonchev–Trinajstić information content (AvgIpc) is 2.92. The summed E-state index contributed by atoms with van der Waals surface area (Å²) in [6, 6.07) is 2.19. The molecule has 1 aliphatic rings. The van der Waals surface area contributed by atoms with Crippen LogP contribution in [-0.2, 0) is 11.3 Å². The van der Waals surface area contributed by atoms with E-state index in [0.29, 0.717) is 17.6 Å². The van der Waals surface area contributed by atoms with E-state index in [1.54, 1.807) is 10.7 Å². The Morgan fingerprint density at radius 1 is 1.56 bits per heavy atom. The SMILES string of the molecule is CC1CC(Cn2ccn3ncc(C#N)c23)CCO1. The Kier molecular flexibility index (Phi) is 2.80. The van der Waals surface area contributed by atoms with Crippen molar-refractivity contribution in [2.75, 3.05) is 6.61 Å². The van der Waals surface area contributed by atoms with E-state index in [4.69, 9.17) is 10.00 Å². The molecule has 1 aliphatic heterocycles. The number of hydrogen-bond donors (Lipinski definition) is 0. The van der Waals surface area contributed by atoms with Crippen molar-refractivity contribution >= 4 is 5.65 Å². The summed E-state index contributed by atoms with van der Waals surface area (Å²) in [4.78, 5) is 0. The Hall–Kier alpha value is -1.80. The first-order chi connectivity index (χ1) is 8.78. The Balaban J connectivity index is 1.86. The lowest BCUT2D eigenvalue weighted by atomic mass is 9.96. The van der Waals surface area contributed by atoms with Crippen LogP contribution in [-0.4, -0.2) is 26.9 Å². The highest BCUT2D eigenvalue weighted by Gasteiger charge is 2.21. The zero-order chi connectivity index (χ0) is 12.5. The minimum Gasteiger partial charge on any atom is -0.378 e. The standard InChI is InChI=1S/C13H16N4O/c1-10-6-11(2-5-18-10)9-16-3-4-17-13(16)12(7-14)8-15-17/h3-4,8,10-11H,2,5-6,9H2,1H3. The number of aromatic nitrogens is 3. The summed E-state index contributed by atoms with van der Waals surface area (Å²) in [6.07, 6.45) is 8.04. The Labute approximate surface area is 106 Å². The second-order valence-corrected chi connectivity index (χ2v) is 4.96. The average molecular weight is 244 g/mol. The molecule has 0 aliphatic carbocycles. The van der Waals surface area contributed by atoms with E-state index in [2.05, 4.69) is 22.7 Å². The van der Waals surface area contributed by atoms with Crippen LogP contribution >= 0.6 is 0 Å². The predicted molar refractivity (Wildman–Crippen MR) is 66.0 cm³/mol. The Bertz CT molecular complexity index is 592. The van der Waals surface area contributed by atoms with Gasteiger partial charge in [-0.1, -0.05) is 0 Å². The number of fused-ring (bicyclic) bond motifs is 1. The molecule has 0 spiro atoms. The van der Waals surface area contributed by atoms with E-state index >= 15 is 0 Å². The summed E-state index contributed by atoms with van der Waals surface area (Å²) in [5.74, 6) is 0.617. The first kappa shape index (κ1) is 11.3. The highest BCUT2D eigenvalue weighted by Crippen LogP contribution is 2.23.